The van der Waals surface area contributed by atoms with Gasteiger partial charge in [0, 0.05) is 59.1 Å². The molecule has 6 rings (SSSR count). The number of carbonyl (C=O) groups is 1. The smallest absolute Gasteiger partial charge is 0.297 e. The summed E-state index contributed by atoms with van der Waals surface area (Å²) in [6.45, 7) is 6.65. The second-order valence-electron chi connectivity index (χ2n) is 12.6. The summed E-state index contributed by atoms with van der Waals surface area (Å²) in [4.78, 5) is 40.8. The highest BCUT2D eigenvalue weighted by Crippen LogP contribution is 2.60. The Labute approximate surface area is 276 Å². The van der Waals surface area contributed by atoms with Crippen LogP contribution in [0, 0.1) is 5.92 Å². The number of aromatic nitrogens is 4. The monoisotopic (exact) mass is 707 g/mol. The minimum absolute atomic E-state index is 0.00312. The molecule has 0 unspecified atom stereocenters. The van der Waals surface area contributed by atoms with Crippen LogP contribution in [0.2, 0.25) is 18.6 Å². The highest BCUT2D eigenvalue weighted by Gasteiger charge is 2.66. The minimum Gasteiger partial charge on any atom is -0.491 e. The number of carbonyl (C=O) groups excluding carboxylic acids is 1. The number of nitrogens with zero attached hydrogens (tertiary/aromatic N) is 5. The minimum atomic E-state index is -2.82. The lowest BCUT2D eigenvalue weighted by molar-refractivity contribution is -0.146. The van der Waals surface area contributed by atoms with Gasteiger partial charge in [-0.25, -0.2) is 0 Å². The molecule has 2 N–H and O–H groups in total. The first kappa shape index (κ1) is 32.3. The molecule has 2 aromatic heterocycles. The molecule has 0 radical (unpaired) electrons. The van der Waals surface area contributed by atoms with E-state index < -0.39 is 13.9 Å². The number of aryl methyl sites for hydroxylation is 1. The van der Waals surface area contributed by atoms with Gasteiger partial charge in [-0.3, -0.25) is 18.8 Å². The Morgan fingerprint density at radius 2 is 1.89 bits per heavy atom. The molecule has 4 atom stereocenters. The molecule has 1 fully saturated rings. The molecule has 0 bridgehead atoms. The van der Waals surface area contributed by atoms with Gasteiger partial charge in [-0.1, -0.05) is 40.2 Å². The fraction of sp³-hybridized carbons (Fsp3) is 0.394. The molecule has 4 heterocycles. The van der Waals surface area contributed by atoms with Gasteiger partial charge in [0.25, 0.3) is 11.5 Å². The number of hydrogen-bond donors (Lipinski definition) is 2. The maximum Gasteiger partial charge on any atom is 0.297 e. The Balaban J connectivity index is 1.31. The van der Waals surface area contributed by atoms with Crippen molar-refractivity contribution in [1.82, 2.24) is 19.6 Å². The van der Waals surface area contributed by atoms with Crippen molar-refractivity contribution in [2.45, 2.75) is 63.2 Å². The van der Waals surface area contributed by atoms with Crippen molar-refractivity contribution < 1.29 is 24.2 Å². The zero-order chi connectivity index (χ0) is 32.8. The number of rotatable bonds is 10. The molecule has 1 saturated heterocycles. The van der Waals surface area contributed by atoms with E-state index in [0.717, 1.165) is 21.3 Å². The number of hydrogen-bond acceptors (Lipinski definition) is 8. The highest BCUT2D eigenvalue weighted by molar-refractivity contribution is 9.10. The molecule has 13 heteroatoms. The highest BCUT2D eigenvalue weighted by atomic mass is 79.9. The molecule has 2 aliphatic heterocycles. The zero-order valence-electron chi connectivity index (χ0n) is 26.3. The molecule has 2 aliphatic rings. The number of pyridine rings is 1. The summed E-state index contributed by atoms with van der Waals surface area (Å²) in [5.41, 5.74) is 2.10. The van der Waals surface area contributed by atoms with E-state index in [1.807, 2.05) is 68.7 Å². The number of aliphatic hydroxyl groups excluding tert-OH is 1. The van der Waals surface area contributed by atoms with Gasteiger partial charge >= 0.3 is 0 Å². The van der Waals surface area contributed by atoms with Crippen molar-refractivity contribution in [3.8, 4) is 11.4 Å². The predicted octanol–water partition coefficient (Wildman–Crippen LogP) is 4.17. The molecule has 242 valence electrons. The number of benzene rings is 2. The van der Waals surface area contributed by atoms with Crippen LogP contribution in [0.15, 0.2) is 76.3 Å². The van der Waals surface area contributed by atoms with E-state index in [2.05, 4.69) is 26.2 Å². The SMILES string of the molecule is COc1cccn(-c2ccc(CN3C(=O)[C@@]4(O[C@@H](CCn5cc(CCO)nn5)[C@H]([Si](C)(C)O)[C@H]4C)c4cc(Br)ccc43)cc2)c1=O. The van der Waals surface area contributed by atoms with Gasteiger partial charge in [0.2, 0.25) is 0 Å². The lowest BCUT2D eigenvalue weighted by Gasteiger charge is -2.32. The van der Waals surface area contributed by atoms with Crippen LogP contribution in [-0.4, -0.2) is 63.5 Å². The summed E-state index contributed by atoms with van der Waals surface area (Å²) in [6, 6.07) is 16.7. The fourth-order valence-electron chi connectivity index (χ4n) is 7.19. The van der Waals surface area contributed by atoms with Gasteiger partial charge in [-0.2, -0.15) is 0 Å². The van der Waals surface area contributed by atoms with Gasteiger partial charge in [-0.15, -0.1) is 5.10 Å². The van der Waals surface area contributed by atoms with Gasteiger partial charge < -0.3 is 24.3 Å². The molecule has 1 amide bonds. The fourth-order valence-corrected chi connectivity index (χ4v) is 10.2. The third-order valence-corrected chi connectivity index (χ3v) is 12.2. The molecule has 46 heavy (non-hydrogen) atoms. The molecule has 11 nitrogen and oxygen atoms in total. The van der Waals surface area contributed by atoms with Gasteiger partial charge in [0.15, 0.2) is 19.7 Å². The number of anilines is 1. The van der Waals surface area contributed by atoms with E-state index in [1.54, 1.807) is 27.9 Å². The first-order valence-electron chi connectivity index (χ1n) is 15.3. The van der Waals surface area contributed by atoms with E-state index in [-0.39, 0.29) is 41.4 Å². The third-order valence-electron chi connectivity index (χ3n) is 9.23. The van der Waals surface area contributed by atoms with Crippen molar-refractivity contribution in [1.29, 1.82) is 0 Å². The molecule has 0 aliphatic carbocycles. The lowest BCUT2D eigenvalue weighted by Crippen LogP contribution is -2.46. The largest absolute Gasteiger partial charge is 0.491 e. The van der Waals surface area contributed by atoms with E-state index >= 15 is 0 Å². The van der Waals surface area contributed by atoms with Crippen molar-refractivity contribution in [2.24, 2.45) is 5.92 Å². The van der Waals surface area contributed by atoms with Crippen molar-refractivity contribution in [2.75, 3.05) is 18.6 Å². The Kier molecular flexibility index (Phi) is 8.80. The van der Waals surface area contributed by atoms with E-state index in [0.29, 0.717) is 37.3 Å². The molecule has 2 aromatic carbocycles. The lowest BCUT2D eigenvalue weighted by atomic mass is 9.82. The maximum atomic E-state index is 14.7. The topological polar surface area (TPSA) is 132 Å². The number of halogens is 1. The van der Waals surface area contributed by atoms with Crippen molar-refractivity contribution in [3.63, 3.8) is 0 Å². The van der Waals surface area contributed by atoms with Gasteiger partial charge in [-0.05, 0) is 67.5 Å². The van der Waals surface area contributed by atoms with Crippen molar-refractivity contribution in [3.05, 3.63) is 98.6 Å². The summed E-state index contributed by atoms with van der Waals surface area (Å²) in [6.07, 6.45) is 4.08. The second kappa shape index (κ2) is 12.5. The van der Waals surface area contributed by atoms with Crippen LogP contribution in [0.4, 0.5) is 5.69 Å². The Morgan fingerprint density at radius 3 is 2.59 bits per heavy atom. The molecule has 0 saturated carbocycles. The van der Waals surface area contributed by atoms with Crippen LogP contribution in [-0.2, 0) is 34.6 Å². The summed E-state index contributed by atoms with van der Waals surface area (Å²) < 4.78 is 16.2. The summed E-state index contributed by atoms with van der Waals surface area (Å²) >= 11 is 3.62. The Bertz CT molecular complexity index is 1810. The quantitative estimate of drug-likeness (QED) is 0.235. The molecule has 4 aromatic rings. The predicted molar refractivity (Wildman–Crippen MR) is 179 cm³/mol. The van der Waals surface area contributed by atoms with Crippen LogP contribution < -0.4 is 15.2 Å². The van der Waals surface area contributed by atoms with Crippen LogP contribution in [0.25, 0.3) is 5.69 Å². The first-order chi connectivity index (χ1) is 22.0. The van der Waals surface area contributed by atoms with Crippen LogP contribution in [0.3, 0.4) is 0 Å². The third kappa shape index (κ3) is 5.64. The van der Waals surface area contributed by atoms with E-state index in [1.165, 1.54) is 11.7 Å². The van der Waals surface area contributed by atoms with Gasteiger partial charge in [0.05, 0.1) is 31.1 Å². The zero-order valence-corrected chi connectivity index (χ0v) is 28.8. The average Bonchev–Trinajstić information content (AvgIpc) is 3.66. The second-order valence-corrected chi connectivity index (χ2v) is 17.5. The molecule has 1 spiro atoms. The normalized spacial score (nSPS) is 22.5. The first-order valence-corrected chi connectivity index (χ1v) is 19.2. The van der Waals surface area contributed by atoms with Crippen molar-refractivity contribution >= 4 is 35.8 Å². The number of fused-ring (bicyclic) bond motifs is 2. The summed E-state index contributed by atoms with van der Waals surface area (Å²) in [5.74, 6) is -0.192. The average molecular weight is 709 g/mol. The molecular weight excluding hydrogens is 670 g/mol. The van der Waals surface area contributed by atoms with Crippen LogP contribution in [0.1, 0.15) is 30.2 Å². The number of aliphatic hydroxyl groups is 1. The summed E-state index contributed by atoms with van der Waals surface area (Å²) in [7, 11) is -1.35. The van der Waals surface area contributed by atoms with E-state index in [4.69, 9.17) is 9.47 Å². The standard InChI is InChI=1S/C33H38BrN5O6Si/c1-21-30(46(3,4)43)28(13-16-37-20-24(14-17-40)35-36-37)45-33(21)26-18-23(34)9-12-27(26)39(32(33)42)19-22-7-10-25(11-8-22)38-15-5-6-29(44-2)31(38)41/h5-12,15,18,20-21,28,30,40,43H,13-14,16-17,19H2,1-4H3/t21-,28+,30-,33+/m1/s1. The van der Waals surface area contributed by atoms with Crippen LogP contribution in [0.5, 0.6) is 5.75 Å². The maximum absolute atomic E-state index is 14.7. The number of amides is 1. The Morgan fingerprint density at radius 1 is 1.13 bits per heavy atom. The molecular formula is C33H38BrN5O6Si. The summed E-state index contributed by atoms with van der Waals surface area (Å²) in [5, 5.41) is 17.6. The van der Waals surface area contributed by atoms with Crippen LogP contribution >= 0.6 is 15.9 Å². The Hall–Kier alpha value is -3.62. The van der Waals surface area contributed by atoms with E-state index in [9.17, 15) is 19.5 Å². The number of methoxy groups -OCH3 is 1. The number of ether oxygens (including phenoxy) is 2. The van der Waals surface area contributed by atoms with Gasteiger partial charge in [0.1, 0.15) is 0 Å².